The number of unbranched alkanes of at least 4 members (excludes halogenated alkanes) is 7. The average molecular weight is 1030 g/mol. The molecule has 6 atom stereocenters. The first-order valence-electron chi connectivity index (χ1n) is 29.0. The Morgan fingerprint density at radius 2 is 1.05 bits per heavy atom. The summed E-state index contributed by atoms with van der Waals surface area (Å²) in [6.07, 6.45) is 16.4. The SMILES string of the molecule is CC[C@@H](C)C(=O)N[C@H](C(=O)N1CCC[C@H]1CN(CCCCc1ccccc1)C(=O)CCCCCCCCC(=O)N(CCCCc1ccccc1)C[C@@H]1CCCN1C(=O)[C@@H](CC(=O)[C@H](C)NC)C(C)(C)C)C(C)(C)C. The molecule has 2 fully saturated rings. The number of amides is 5. The summed E-state index contributed by atoms with van der Waals surface area (Å²) < 4.78 is 0. The van der Waals surface area contributed by atoms with Crippen LogP contribution in [-0.2, 0) is 41.6 Å². The van der Waals surface area contributed by atoms with Gasteiger partial charge in [-0.15, -0.1) is 0 Å². The first-order valence-corrected chi connectivity index (χ1v) is 29.0. The van der Waals surface area contributed by atoms with E-state index in [9.17, 15) is 28.8 Å². The van der Waals surface area contributed by atoms with Crippen molar-refractivity contribution >= 4 is 35.3 Å². The fraction of sp³-hybridized carbons (Fsp3) is 0.710. The maximum absolute atomic E-state index is 14.3. The van der Waals surface area contributed by atoms with Gasteiger partial charge in [-0.1, -0.05) is 142 Å². The summed E-state index contributed by atoms with van der Waals surface area (Å²) in [7, 11) is 1.77. The number of aryl methyl sites for hydroxylation is 2. The van der Waals surface area contributed by atoms with Gasteiger partial charge in [0.2, 0.25) is 29.5 Å². The molecule has 2 aliphatic heterocycles. The lowest BCUT2D eigenvalue weighted by Gasteiger charge is -2.37. The number of hydrogen-bond acceptors (Lipinski definition) is 7. The number of carbonyl (C=O) groups is 6. The molecule has 0 bridgehead atoms. The van der Waals surface area contributed by atoms with E-state index in [-0.39, 0.29) is 71.2 Å². The third-order valence-electron chi connectivity index (χ3n) is 16.0. The third-order valence-corrected chi connectivity index (χ3v) is 16.0. The van der Waals surface area contributed by atoms with Crippen LogP contribution in [-0.4, -0.2) is 125 Å². The van der Waals surface area contributed by atoms with Crippen molar-refractivity contribution in [3.05, 3.63) is 71.8 Å². The Kier molecular flexibility index (Phi) is 26.3. The molecule has 0 unspecified atom stereocenters. The van der Waals surface area contributed by atoms with Gasteiger partial charge in [-0.05, 0) is 119 Å². The van der Waals surface area contributed by atoms with Crippen LogP contribution in [0.5, 0.6) is 0 Å². The largest absolute Gasteiger partial charge is 0.344 e. The summed E-state index contributed by atoms with van der Waals surface area (Å²) in [5, 5.41) is 6.14. The second kappa shape index (κ2) is 31.5. The van der Waals surface area contributed by atoms with Crippen molar-refractivity contribution in [2.75, 3.05) is 46.3 Å². The Hall–Kier alpha value is -4.58. The molecular weight excluding hydrogens is 925 g/mol. The number of Topliss-reactive ketones (excluding diaryl/α,β-unsaturated/α-hetero) is 1. The Bertz CT molecular complexity index is 1870. The number of hydrogen-bond donors (Lipinski definition) is 2. The molecule has 0 saturated carbocycles. The molecule has 2 heterocycles. The van der Waals surface area contributed by atoms with Gasteiger partial charge in [0.05, 0.1) is 6.04 Å². The van der Waals surface area contributed by atoms with Crippen molar-refractivity contribution in [3.63, 3.8) is 0 Å². The summed E-state index contributed by atoms with van der Waals surface area (Å²) in [5.74, 6) is -0.394. The van der Waals surface area contributed by atoms with Crippen molar-refractivity contribution in [1.29, 1.82) is 0 Å². The third kappa shape index (κ3) is 20.5. The monoisotopic (exact) mass is 1020 g/mol. The van der Waals surface area contributed by atoms with Gasteiger partial charge in [0.15, 0.2) is 0 Å². The smallest absolute Gasteiger partial charge is 0.246 e. The van der Waals surface area contributed by atoms with E-state index in [1.54, 1.807) is 7.05 Å². The first kappa shape index (κ1) is 62.0. The van der Waals surface area contributed by atoms with E-state index in [4.69, 9.17) is 0 Å². The van der Waals surface area contributed by atoms with Crippen LogP contribution in [0.15, 0.2) is 60.7 Å². The second-order valence-corrected chi connectivity index (χ2v) is 24.1. The van der Waals surface area contributed by atoms with Crippen molar-refractivity contribution in [2.24, 2.45) is 22.7 Å². The highest BCUT2D eigenvalue weighted by Gasteiger charge is 2.42. The highest BCUT2D eigenvalue weighted by Crippen LogP contribution is 2.34. The van der Waals surface area contributed by atoms with Gasteiger partial charge in [0.25, 0.3) is 0 Å². The Labute approximate surface area is 448 Å². The second-order valence-electron chi connectivity index (χ2n) is 24.1. The molecule has 414 valence electrons. The minimum atomic E-state index is -0.643. The van der Waals surface area contributed by atoms with Crippen molar-refractivity contribution in [3.8, 4) is 0 Å². The minimum absolute atomic E-state index is 0.0308. The van der Waals surface area contributed by atoms with Gasteiger partial charge < -0.3 is 30.2 Å². The molecule has 12 nitrogen and oxygen atoms in total. The topological polar surface area (TPSA) is 139 Å². The predicted molar refractivity (Wildman–Crippen MR) is 300 cm³/mol. The molecule has 0 aromatic heterocycles. The Morgan fingerprint density at radius 1 is 0.608 bits per heavy atom. The van der Waals surface area contributed by atoms with E-state index < -0.39 is 17.4 Å². The molecule has 0 spiro atoms. The van der Waals surface area contributed by atoms with E-state index in [0.717, 1.165) is 103 Å². The molecule has 2 aromatic rings. The fourth-order valence-electron chi connectivity index (χ4n) is 10.7. The number of ketones is 1. The quantitative estimate of drug-likeness (QED) is 0.0696. The zero-order chi connectivity index (χ0) is 54.3. The van der Waals surface area contributed by atoms with Crippen LogP contribution in [0.2, 0.25) is 0 Å². The molecule has 2 saturated heterocycles. The van der Waals surface area contributed by atoms with Gasteiger partial charge in [0.1, 0.15) is 11.8 Å². The van der Waals surface area contributed by atoms with Crippen molar-refractivity contribution in [2.45, 2.75) is 215 Å². The molecule has 2 aliphatic rings. The number of nitrogens with one attached hydrogen (secondary N) is 2. The maximum Gasteiger partial charge on any atom is 0.246 e. The highest BCUT2D eigenvalue weighted by molar-refractivity contribution is 5.91. The summed E-state index contributed by atoms with van der Waals surface area (Å²) in [6, 6.07) is 19.8. The summed E-state index contributed by atoms with van der Waals surface area (Å²) in [4.78, 5) is 90.9. The van der Waals surface area contributed by atoms with Crippen LogP contribution in [0.3, 0.4) is 0 Å². The first-order chi connectivity index (χ1) is 35.2. The normalized spacial score (nSPS) is 17.6. The van der Waals surface area contributed by atoms with Crippen LogP contribution >= 0.6 is 0 Å². The summed E-state index contributed by atoms with van der Waals surface area (Å²) >= 11 is 0. The molecule has 2 N–H and O–H groups in total. The Balaban J connectivity index is 1.31. The average Bonchev–Trinajstić information content (AvgIpc) is 4.06. The minimum Gasteiger partial charge on any atom is -0.344 e. The summed E-state index contributed by atoms with van der Waals surface area (Å²) in [6.45, 7) is 21.5. The van der Waals surface area contributed by atoms with Crippen LogP contribution in [0.1, 0.15) is 189 Å². The van der Waals surface area contributed by atoms with E-state index >= 15 is 0 Å². The molecule has 2 aromatic carbocycles. The lowest BCUT2D eigenvalue weighted by atomic mass is 9.76. The van der Waals surface area contributed by atoms with Gasteiger partial charge in [-0.2, -0.15) is 0 Å². The van der Waals surface area contributed by atoms with E-state index in [1.165, 1.54) is 11.1 Å². The summed E-state index contributed by atoms with van der Waals surface area (Å²) in [5.41, 5.74) is 1.74. The fourth-order valence-corrected chi connectivity index (χ4v) is 10.7. The lowest BCUT2D eigenvalue weighted by Crippen LogP contribution is -2.57. The van der Waals surface area contributed by atoms with E-state index in [1.807, 2.05) is 94.0 Å². The van der Waals surface area contributed by atoms with Gasteiger partial charge in [-0.25, -0.2) is 0 Å². The maximum atomic E-state index is 14.3. The number of benzene rings is 2. The molecule has 0 aliphatic carbocycles. The van der Waals surface area contributed by atoms with Crippen LogP contribution in [0.25, 0.3) is 0 Å². The van der Waals surface area contributed by atoms with Crippen LogP contribution < -0.4 is 10.6 Å². The van der Waals surface area contributed by atoms with E-state index in [0.29, 0.717) is 58.5 Å². The molecular formula is C62H100N6O6. The zero-order valence-electron chi connectivity index (χ0n) is 47.9. The number of likely N-dealkylation sites (tertiary alicyclic amines) is 2. The lowest BCUT2D eigenvalue weighted by molar-refractivity contribution is -0.144. The predicted octanol–water partition coefficient (Wildman–Crippen LogP) is 10.6. The van der Waals surface area contributed by atoms with Crippen molar-refractivity contribution in [1.82, 2.24) is 30.2 Å². The van der Waals surface area contributed by atoms with Gasteiger partial charge >= 0.3 is 0 Å². The Morgan fingerprint density at radius 3 is 1.47 bits per heavy atom. The molecule has 74 heavy (non-hydrogen) atoms. The van der Waals surface area contributed by atoms with Crippen molar-refractivity contribution < 1.29 is 28.8 Å². The van der Waals surface area contributed by atoms with Crippen LogP contribution in [0.4, 0.5) is 0 Å². The standard InChI is InChI=1S/C62H100N6O6/c1-11-47(2)58(72)64-57(62(7,8)9)60(74)68-43-29-37-52(68)46-66(41-27-25-35-50-32-20-17-21-33-50)56(71)39-23-15-13-12-14-22-38-55(70)65(40-26-24-34-49-30-18-16-19-31-49)45-51-36-28-42-67(51)59(73)53(61(4,5)6)44-54(69)48(3)63-10/h16-21,30-33,47-48,51-53,57,63H,11-15,22-29,34-46H2,1-10H3,(H,64,72)/t47-,48+,51+,52+,53-,57-/m1/s1. The number of carbonyl (C=O) groups excluding carboxylic acids is 6. The van der Waals surface area contributed by atoms with E-state index in [2.05, 4.69) is 59.2 Å². The molecule has 0 radical (unpaired) electrons. The van der Waals surface area contributed by atoms with Gasteiger partial charge in [0, 0.05) is 82.5 Å². The highest BCUT2D eigenvalue weighted by atomic mass is 16.2. The number of nitrogens with zero attached hydrogens (tertiary/aromatic N) is 4. The molecule has 12 heteroatoms. The van der Waals surface area contributed by atoms with Crippen LogP contribution in [0, 0.1) is 22.7 Å². The number of likely N-dealkylation sites (N-methyl/N-ethyl adjacent to an activating group) is 1. The van der Waals surface area contributed by atoms with Gasteiger partial charge in [-0.3, -0.25) is 28.8 Å². The molecule has 4 rings (SSSR count). The number of rotatable bonds is 32. The molecule has 5 amide bonds. The zero-order valence-corrected chi connectivity index (χ0v) is 47.9.